The van der Waals surface area contributed by atoms with Crippen LogP contribution in [0.1, 0.15) is 25.3 Å². The highest BCUT2D eigenvalue weighted by Gasteiger charge is 2.08. The summed E-state index contributed by atoms with van der Waals surface area (Å²) in [6, 6.07) is 8.19. The third-order valence-corrected chi connectivity index (χ3v) is 3.47. The summed E-state index contributed by atoms with van der Waals surface area (Å²) in [6.07, 6.45) is 0. The molecule has 0 radical (unpaired) electrons. The highest BCUT2D eigenvalue weighted by molar-refractivity contribution is 7.99. The number of thioether (sulfide) groups is 1. The van der Waals surface area contributed by atoms with E-state index in [0.29, 0.717) is 16.8 Å². The molecule has 6 heteroatoms. The van der Waals surface area contributed by atoms with E-state index in [1.165, 1.54) is 17.3 Å². The number of hydrogen-bond acceptors (Lipinski definition) is 5. The second-order valence-corrected chi connectivity index (χ2v) is 5.25. The van der Waals surface area contributed by atoms with E-state index in [4.69, 9.17) is 5.11 Å². The maximum absolute atomic E-state index is 8.83. The van der Waals surface area contributed by atoms with Gasteiger partial charge in [-0.3, -0.25) is 0 Å². The molecule has 0 unspecified atom stereocenters. The lowest BCUT2D eigenvalue weighted by molar-refractivity contribution is 0.322. The molecule has 1 heterocycles. The van der Waals surface area contributed by atoms with E-state index in [2.05, 4.69) is 41.5 Å². The zero-order chi connectivity index (χ0) is 13.0. The summed E-state index contributed by atoms with van der Waals surface area (Å²) in [6.45, 7) is 4.44. The second-order valence-electron chi connectivity index (χ2n) is 4.19. The quantitative estimate of drug-likeness (QED) is 0.835. The Bertz CT molecular complexity index is 495. The lowest BCUT2D eigenvalue weighted by atomic mass is 10.0. The molecule has 1 N–H and O–H groups in total. The fourth-order valence-electron chi connectivity index (χ4n) is 1.57. The Morgan fingerprint density at radius 1 is 1.28 bits per heavy atom. The molecule has 1 aromatic heterocycles. The molecule has 0 spiro atoms. The van der Waals surface area contributed by atoms with Crippen LogP contribution in [0.5, 0.6) is 0 Å². The molecule has 0 amide bonds. The Kier molecular flexibility index (Phi) is 4.33. The zero-order valence-corrected chi connectivity index (χ0v) is 11.3. The molecule has 0 fully saturated rings. The summed E-state index contributed by atoms with van der Waals surface area (Å²) in [7, 11) is 0. The van der Waals surface area contributed by atoms with Crippen LogP contribution < -0.4 is 0 Å². The molecule has 0 aliphatic heterocycles. The number of aliphatic hydroxyl groups is 1. The molecule has 1 aromatic carbocycles. The first kappa shape index (κ1) is 13.0. The summed E-state index contributed by atoms with van der Waals surface area (Å²) < 4.78 is 1.68. The summed E-state index contributed by atoms with van der Waals surface area (Å²) in [5.74, 6) is 1.10. The number of rotatable bonds is 5. The number of aromatic nitrogens is 4. The van der Waals surface area contributed by atoms with Gasteiger partial charge in [0.05, 0.1) is 12.3 Å². The summed E-state index contributed by atoms with van der Waals surface area (Å²) in [4.78, 5) is 0. The Labute approximate surface area is 110 Å². The Morgan fingerprint density at radius 2 is 2.00 bits per heavy atom. The molecule has 96 valence electrons. The molecule has 0 saturated heterocycles. The standard InChI is InChI=1S/C12H16N4OS/c1-9(2)10-3-5-11(6-4-10)16-12(13-14-15-16)18-8-7-17/h3-6,9,17H,7-8H2,1-2H3. The van der Waals surface area contributed by atoms with Gasteiger partial charge in [0, 0.05) is 5.75 Å². The molecule has 2 rings (SSSR count). The van der Waals surface area contributed by atoms with Crippen molar-refractivity contribution < 1.29 is 5.11 Å². The Morgan fingerprint density at radius 3 is 2.61 bits per heavy atom. The number of benzene rings is 1. The number of tetrazole rings is 1. The topological polar surface area (TPSA) is 63.8 Å². The molecule has 0 bridgehead atoms. The Balaban J connectivity index is 2.23. The van der Waals surface area contributed by atoms with Crippen molar-refractivity contribution in [3.63, 3.8) is 0 Å². The smallest absolute Gasteiger partial charge is 0.214 e. The molecule has 0 saturated carbocycles. The van der Waals surface area contributed by atoms with Gasteiger partial charge in [0.2, 0.25) is 5.16 Å². The summed E-state index contributed by atoms with van der Waals surface area (Å²) >= 11 is 1.44. The minimum Gasteiger partial charge on any atom is -0.396 e. The fraction of sp³-hybridized carbons (Fsp3) is 0.417. The molecular weight excluding hydrogens is 248 g/mol. The van der Waals surface area contributed by atoms with Crippen molar-refractivity contribution >= 4 is 11.8 Å². The molecule has 2 aromatic rings. The van der Waals surface area contributed by atoms with Gasteiger partial charge in [0.25, 0.3) is 0 Å². The SMILES string of the molecule is CC(C)c1ccc(-n2nnnc2SCCO)cc1. The average Bonchev–Trinajstić information content (AvgIpc) is 2.84. The van der Waals surface area contributed by atoms with Gasteiger partial charge in [-0.25, -0.2) is 0 Å². The molecule has 5 nitrogen and oxygen atoms in total. The Hall–Kier alpha value is -1.40. The van der Waals surface area contributed by atoms with Crippen molar-refractivity contribution in [2.75, 3.05) is 12.4 Å². The maximum Gasteiger partial charge on any atom is 0.214 e. The first-order valence-corrected chi connectivity index (χ1v) is 6.83. The lowest BCUT2D eigenvalue weighted by Gasteiger charge is -2.07. The van der Waals surface area contributed by atoms with Crippen LogP contribution in [0.15, 0.2) is 29.4 Å². The summed E-state index contributed by atoms with van der Waals surface area (Å²) in [5.41, 5.74) is 2.22. The third kappa shape index (κ3) is 2.88. The van der Waals surface area contributed by atoms with Crippen LogP contribution in [0.3, 0.4) is 0 Å². The molecule has 18 heavy (non-hydrogen) atoms. The normalized spacial score (nSPS) is 11.1. The minimum absolute atomic E-state index is 0.115. The lowest BCUT2D eigenvalue weighted by Crippen LogP contribution is -2.00. The highest BCUT2D eigenvalue weighted by atomic mass is 32.2. The average molecular weight is 264 g/mol. The van der Waals surface area contributed by atoms with E-state index in [1.54, 1.807) is 4.68 Å². The van der Waals surface area contributed by atoms with Gasteiger partial charge in [-0.05, 0) is 34.0 Å². The van der Waals surface area contributed by atoms with E-state index in [9.17, 15) is 0 Å². The van der Waals surface area contributed by atoms with E-state index in [-0.39, 0.29) is 6.61 Å². The van der Waals surface area contributed by atoms with Gasteiger partial charge in [-0.1, -0.05) is 37.7 Å². The van der Waals surface area contributed by atoms with E-state index >= 15 is 0 Å². The van der Waals surface area contributed by atoms with Crippen molar-refractivity contribution in [3.8, 4) is 5.69 Å². The largest absolute Gasteiger partial charge is 0.396 e. The van der Waals surface area contributed by atoms with Crippen LogP contribution in [-0.4, -0.2) is 37.7 Å². The predicted octanol–water partition coefficient (Wildman–Crippen LogP) is 1.87. The van der Waals surface area contributed by atoms with Gasteiger partial charge >= 0.3 is 0 Å². The first-order chi connectivity index (χ1) is 8.72. The predicted molar refractivity (Wildman–Crippen MR) is 71.1 cm³/mol. The fourth-order valence-corrected chi connectivity index (χ4v) is 2.20. The van der Waals surface area contributed by atoms with Crippen molar-refractivity contribution in [1.29, 1.82) is 0 Å². The third-order valence-electron chi connectivity index (χ3n) is 2.57. The summed E-state index contributed by atoms with van der Waals surface area (Å²) in [5, 5.41) is 21.1. The van der Waals surface area contributed by atoms with Crippen molar-refractivity contribution in [1.82, 2.24) is 20.2 Å². The molecular formula is C12H16N4OS. The van der Waals surface area contributed by atoms with Crippen LogP contribution in [0.4, 0.5) is 0 Å². The van der Waals surface area contributed by atoms with Gasteiger partial charge in [-0.15, -0.1) is 5.10 Å². The van der Waals surface area contributed by atoms with Crippen LogP contribution >= 0.6 is 11.8 Å². The number of nitrogens with zero attached hydrogens (tertiary/aromatic N) is 4. The van der Waals surface area contributed by atoms with Gasteiger partial charge in [0.1, 0.15) is 0 Å². The van der Waals surface area contributed by atoms with Crippen LogP contribution in [0, 0.1) is 0 Å². The van der Waals surface area contributed by atoms with Crippen molar-refractivity contribution in [3.05, 3.63) is 29.8 Å². The number of aliphatic hydroxyl groups excluding tert-OH is 1. The molecule has 0 aliphatic rings. The van der Waals surface area contributed by atoms with Gasteiger partial charge in [0.15, 0.2) is 0 Å². The van der Waals surface area contributed by atoms with Crippen molar-refractivity contribution in [2.24, 2.45) is 0 Å². The molecule has 0 atom stereocenters. The van der Waals surface area contributed by atoms with E-state index in [1.807, 2.05) is 12.1 Å². The van der Waals surface area contributed by atoms with E-state index < -0.39 is 0 Å². The monoisotopic (exact) mass is 264 g/mol. The first-order valence-electron chi connectivity index (χ1n) is 5.84. The minimum atomic E-state index is 0.115. The zero-order valence-electron chi connectivity index (χ0n) is 10.4. The van der Waals surface area contributed by atoms with Crippen LogP contribution in [0.2, 0.25) is 0 Å². The van der Waals surface area contributed by atoms with E-state index in [0.717, 1.165) is 5.69 Å². The van der Waals surface area contributed by atoms with Gasteiger partial charge < -0.3 is 5.11 Å². The maximum atomic E-state index is 8.83. The van der Waals surface area contributed by atoms with Crippen LogP contribution in [-0.2, 0) is 0 Å². The second kappa shape index (κ2) is 5.97. The highest BCUT2D eigenvalue weighted by Crippen LogP contribution is 2.20. The van der Waals surface area contributed by atoms with Crippen molar-refractivity contribution in [2.45, 2.75) is 24.9 Å². The van der Waals surface area contributed by atoms with Crippen LogP contribution in [0.25, 0.3) is 5.69 Å². The molecule has 0 aliphatic carbocycles. The van der Waals surface area contributed by atoms with Gasteiger partial charge in [-0.2, -0.15) is 4.68 Å². The number of hydrogen-bond donors (Lipinski definition) is 1.